The lowest BCUT2D eigenvalue weighted by Crippen LogP contribution is -2.26. The zero-order valence-corrected chi connectivity index (χ0v) is 16.6. The fourth-order valence-electron chi connectivity index (χ4n) is 3.51. The Bertz CT molecular complexity index is 935. The van der Waals surface area contributed by atoms with Crippen molar-refractivity contribution in [2.24, 2.45) is 0 Å². The van der Waals surface area contributed by atoms with Crippen LogP contribution < -0.4 is 10.2 Å². The SMILES string of the molecule is CN(Cc1ccccc1)C(=O)c1cnc(Nc2ccc(N3CCCC3)cc2)nc1. The second kappa shape index (κ2) is 8.73. The van der Waals surface area contributed by atoms with Gasteiger partial charge in [-0.25, -0.2) is 9.97 Å². The minimum atomic E-state index is -0.102. The number of benzene rings is 2. The number of rotatable bonds is 6. The monoisotopic (exact) mass is 387 g/mol. The van der Waals surface area contributed by atoms with Crippen molar-refractivity contribution >= 4 is 23.2 Å². The Morgan fingerprint density at radius 1 is 1.00 bits per heavy atom. The van der Waals surface area contributed by atoms with Gasteiger partial charge < -0.3 is 15.1 Å². The summed E-state index contributed by atoms with van der Waals surface area (Å²) in [6.45, 7) is 2.80. The van der Waals surface area contributed by atoms with Crippen LogP contribution in [0.15, 0.2) is 67.0 Å². The molecule has 0 spiro atoms. The van der Waals surface area contributed by atoms with Crippen molar-refractivity contribution in [3.8, 4) is 0 Å². The Kier molecular flexibility index (Phi) is 5.70. The number of carbonyl (C=O) groups excluding carboxylic acids is 1. The first-order chi connectivity index (χ1) is 14.2. The summed E-state index contributed by atoms with van der Waals surface area (Å²) in [5, 5.41) is 3.19. The zero-order valence-electron chi connectivity index (χ0n) is 16.6. The van der Waals surface area contributed by atoms with Gasteiger partial charge in [0.15, 0.2) is 0 Å². The molecule has 2 aromatic carbocycles. The normalized spacial score (nSPS) is 13.3. The van der Waals surface area contributed by atoms with E-state index >= 15 is 0 Å². The van der Waals surface area contributed by atoms with Gasteiger partial charge in [-0.1, -0.05) is 30.3 Å². The van der Waals surface area contributed by atoms with Crippen LogP contribution in [0, 0.1) is 0 Å². The van der Waals surface area contributed by atoms with Crippen molar-refractivity contribution in [2.45, 2.75) is 19.4 Å². The van der Waals surface area contributed by atoms with E-state index in [0.29, 0.717) is 18.1 Å². The molecule has 6 nitrogen and oxygen atoms in total. The van der Waals surface area contributed by atoms with E-state index in [0.717, 1.165) is 24.3 Å². The number of anilines is 3. The summed E-state index contributed by atoms with van der Waals surface area (Å²) in [5.74, 6) is 0.372. The molecule has 0 unspecified atom stereocenters. The third kappa shape index (κ3) is 4.71. The van der Waals surface area contributed by atoms with E-state index in [2.05, 4.69) is 32.3 Å². The van der Waals surface area contributed by atoms with Crippen LogP contribution in [0.3, 0.4) is 0 Å². The first kappa shape index (κ1) is 18.9. The molecule has 6 heteroatoms. The van der Waals surface area contributed by atoms with Crippen molar-refractivity contribution in [1.29, 1.82) is 0 Å². The molecule has 4 rings (SSSR count). The second-order valence-corrected chi connectivity index (χ2v) is 7.31. The van der Waals surface area contributed by atoms with E-state index in [-0.39, 0.29) is 5.91 Å². The molecule has 0 aliphatic carbocycles. The van der Waals surface area contributed by atoms with E-state index < -0.39 is 0 Å². The summed E-state index contributed by atoms with van der Waals surface area (Å²) in [6.07, 6.45) is 5.66. The lowest BCUT2D eigenvalue weighted by Gasteiger charge is -2.18. The van der Waals surface area contributed by atoms with Gasteiger partial charge in [0.2, 0.25) is 5.95 Å². The Morgan fingerprint density at radius 3 is 2.31 bits per heavy atom. The van der Waals surface area contributed by atoms with Crippen LogP contribution in [-0.4, -0.2) is 40.9 Å². The average molecular weight is 387 g/mol. The molecule has 0 atom stereocenters. The van der Waals surface area contributed by atoms with Gasteiger partial charge in [-0.3, -0.25) is 4.79 Å². The summed E-state index contributed by atoms with van der Waals surface area (Å²) in [6, 6.07) is 18.2. The molecule has 29 heavy (non-hydrogen) atoms. The van der Waals surface area contributed by atoms with Gasteiger partial charge in [0.05, 0.1) is 5.56 Å². The molecular weight excluding hydrogens is 362 g/mol. The van der Waals surface area contributed by atoms with Gasteiger partial charge in [-0.2, -0.15) is 0 Å². The molecule has 1 fully saturated rings. The summed E-state index contributed by atoms with van der Waals surface area (Å²) >= 11 is 0. The highest BCUT2D eigenvalue weighted by Gasteiger charge is 2.14. The van der Waals surface area contributed by atoms with E-state index in [1.165, 1.54) is 18.5 Å². The predicted molar refractivity (Wildman–Crippen MR) is 115 cm³/mol. The summed E-state index contributed by atoms with van der Waals surface area (Å²) < 4.78 is 0. The topological polar surface area (TPSA) is 61.4 Å². The molecule has 1 saturated heterocycles. The van der Waals surface area contributed by atoms with Crippen molar-refractivity contribution in [2.75, 3.05) is 30.4 Å². The lowest BCUT2D eigenvalue weighted by atomic mass is 10.2. The van der Waals surface area contributed by atoms with Crippen LogP contribution in [-0.2, 0) is 6.54 Å². The minimum Gasteiger partial charge on any atom is -0.372 e. The van der Waals surface area contributed by atoms with Crippen LogP contribution in [0.4, 0.5) is 17.3 Å². The van der Waals surface area contributed by atoms with Gasteiger partial charge in [0.25, 0.3) is 5.91 Å². The summed E-state index contributed by atoms with van der Waals surface area (Å²) in [5.41, 5.74) is 3.72. The number of aromatic nitrogens is 2. The third-order valence-corrected chi connectivity index (χ3v) is 5.10. The standard InChI is InChI=1S/C23H25N5O/c1-27(17-18-7-3-2-4-8-18)22(29)19-15-24-23(25-16-19)26-20-9-11-21(12-10-20)28-13-5-6-14-28/h2-4,7-12,15-16H,5-6,13-14,17H2,1H3,(H,24,25,26). The molecule has 1 amide bonds. The molecule has 148 valence electrons. The van der Waals surface area contributed by atoms with Crippen molar-refractivity contribution in [3.63, 3.8) is 0 Å². The van der Waals surface area contributed by atoms with Crippen LogP contribution in [0.2, 0.25) is 0 Å². The van der Waals surface area contributed by atoms with Crippen LogP contribution in [0.1, 0.15) is 28.8 Å². The fourth-order valence-corrected chi connectivity index (χ4v) is 3.51. The molecule has 2 heterocycles. The van der Waals surface area contributed by atoms with E-state index in [9.17, 15) is 4.79 Å². The van der Waals surface area contributed by atoms with Crippen molar-refractivity contribution < 1.29 is 4.79 Å². The Labute approximate surface area is 171 Å². The molecule has 1 aromatic heterocycles. The molecule has 1 aliphatic heterocycles. The van der Waals surface area contributed by atoms with E-state index in [4.69, 9.17) is 0 Å². The number of carbonyl (C=O) groups is 1. The van der Waals surface area contributed by atoms with Crippen LogP contribution >= 0.6 is 0 Å². The molecule has 3 aromatic rings. The maximum absolute atomic E-state index is 12.6. The molecule has 1 N–H and O–H groups in total. The Hall–Kier alpha value is -3.41. The molecule has 0 radical (unpaired) electrons. The molecule has 0 saturated carbocycles. The van der Waals surface area contributed by atoms with E-state index in [1.807, 2.05) is 42.5 Å². The van der Waals surface area contributed by atoms with Crippen molar-refractivity contribution in [3.05, 3.63) is 78.1 Å². The average Bonchev–Trinajstić information content (AvgIpc) is 3.30. The third-order valence-electron chi connectivity index (χ3n) is 5.10. The number of amides is 1. The number of hydrogen-bond acceptors (Lipinski definition) is 5. The van der Waals surface area contributed by atoms with Crippen molar-refractivity contribution in [1.82, 2.24) is 14.9 Å². The second-order valence-electron chi connectivity index (χ2n) is 7.31. The predicted octanol–water partition coefficient (Wildman–Crippen LogP) is 4.09. The largest absolute Gasteiger partial charge is 0.372 e. The smallest absolute Gasteiger partial charge is 0.257 e. The van der Waals surface area contributed by atoms with Gasteiger partial charge in [-0.15, -0.1) is 0 Å². The summed E-state index contributed by atoms with van der Waals surface area (Å²) in [7, 11) is 1.78. The summed E-state index contributed by atoms with van der Waals surface area (Å²) in [4.78, 5) is 25.3. The van der Waals surface area contributed by atoms with Crippen LogP contribution in [0.25, 0.3) is 0 Å². The van der Waals surface area contributed by atoms with Gasteiger partial charge >= 0.3 is 0 Å². The molecule has 0 bridgehead atoms. The zero-order chi connectivity index (χ0) is 20.1. The molecule has 1 aliphatic rings. The van der Waals surface area contributed by atoms with Gasteiger partial charge in [-0.05, 0) is 42.7 Å². The Balaban J connectivity index is 1.36. The first-order valence-electron chi connectivity index (χ1n) is 9.92. The highest BCUT2D eigenvalue weighted by Crippen LogP contribution is 2.23. The van der Waals surface area contributed by atoms with Gasteiger partial charge in [0.1, 0.15) is 0 Å². The maximum atomic E-state index is 12.6. The van der Waals surface area contributed by atoms with Gasteiger partial charge in [0, 0.05) is 50.5 Å². The first-order valence-corrected chi connectivity index (χ1v) is 9.92. The highest BCUT2D eigenvalue weighted by molar-refractivity contribution is 5.93. The number of nitrogens with one attached hydrogen (secondary N) is 1. The number of nitrogens with zero attached hydrogens (tertiary/aromatic N) is 4. The fraction of sp³-hybridized carbons (Fsp3) is 0.261. The maximum Gasteiger partial charge on any atom is 0.257 e. The number of hydrogen-bond donors (Lipinski definition) is 1. The minimum absolute atomic E-state index is 0.102. The van der Waals surface area contributed by atoms with E-state index in [1.54, 1.807) is 24.3 Å². The lowest BCUT2D eigenvalue weighted by molar-refractivity contribution is 0.0784. The quantitative estimate of drug-likeness (QED) is 0.690. The highest BCUT2D eigenvalue weighted by atomic mass is 16.2. The molecular formula is C23H25N5O. The van der Waals surface area contributed by atoms with Crippen LogP contribution in [0.5, 0.6) is 0 Å². The Morgan fingerprint density at radius 2 is 1.66 bits per heavy atom.